The first-order chi connectivity index (χ1) is 6.09. The van der Waals surface area contributed by atoms with Crippen molar-refractivity contribution < 1.29 is 4.79 Å². The molecule has 1 atom stereocenters. The number of amides is 1. The monoisotopic (exact) mass is 184 g/mol. The quantitative estimate of drug-likeness (QED) is 0.673. The summed E-state index contributed by atoms with van der Waals surface area (Å²) in [5.74, 6) is 0.808. The first kappa shape index (κ1) is 10.5. The van der Waals surface area contributed by atoms with Gasteiger partial charge in [-0.05, 0) is 38.5 Å². The van der Waals surface area contributed by atoms with Crippen LogP contribution in [0.3, 0.4) is 0 Å². The minimum Gasteiger partial charge on any atom is -0.352 e. The van der Waals surface area contributed by atoms with Crippen LogP contribution in [-0.4, -0.2) is 18.0 Å². The number of nitrogens with two attached hydrogens (primary N) is 1. The van der Waals surface area contributed by atoms with E-state index in [1.807, 2.05) is 0 Å². The molecule has 0 aromatic heterocycles. The SMILES string of the molecule is CC1CCC(NC(=O)[C@@H](C)N)CC1. The first-order valence-electron chi connectivity index (χ1n) is 5.15. The average molecular weight is 184 g/mol. The van der Waals surface area contributed by atoms with Gasteiger partial charge in [-0.2, -0.15) is 0 Å². The molecule has 1 saturated carbocycles. The maximum Gasteiger partial charge on any atom is 0.236 e. The van der Waals surface area contributed by atoms with Gasteiger partial charge in [-0.3, -0.25) is 4.79 Å². The molecule has 1 aliphatic carbocycles. The molecule has 0 aromatic carbocycles. The molecule has 3 N–H and O–H groups in total. The number of hydrogen-bond donors (Lipinski definition) is 2. The fourth-order valence-corrected chi connectivity index (χ4v) is 1.74. The van der Waals surface area contributed by atoms with Crippen molar-refractivity contribution >= 4 is 5.91 Å². The van der Waals surface area contributed by atoms with Crippen molar-refractivity contribution in [3.05, 3.63) is 0 Å². The van der Waals surface area contributed by atoms with E-state index in [4.69, 9.17) is 5.73 Å². The summed E-state index contributed by atoms with van der Waals surface area (Å²) >= 11 is 0. The third-order valence-corrected chi connectivity index (χ3v) is 2.78. The van der Waals surface area contributed by atoms with Gasteiger partial charge >= 0.3 is 0 Å². The molecule has 0 radical (unpaired) electrons. The fraction of sp³-hybridized carbons (Fsp3) is 0.900. The second kappa shape index (κ2) is 4.61. The normalized spacial score (nSPS) is 31.0. The minimum atomic E-state index is -0.376. The molecule has 1 aliphatic rings. The summed E-state index contributed by atoms with van der Waals surface area (Å²) in [5, 5.41) is 2.97. The van der Waals surface area contributed by atoms with Crippen LogP contribution in [0.2, 0.25) is 0 Å². The van der Waals surface area contributed by atoms with Crippen LogP contribution in [0.5, 0.6) is 0 Å². The van der Waals surface area contributed by atoms with E-state index in [0.29, 0.717) is 6.04 Å². The molecular weight excluding hydrogens is 164 g/mol. The molecule has 3 nitrogen and oxygen atoms in total. The van der Waals surface area contributed by atoms with Crippen LogP contribution in [0.4, 0.5) is 0 Å². The Kier molecular flexibility index (Phi) is 3.72. The van der Waals surface area contributed by atoms with Crippen LogP contribution in [-0.2, 0) is 4.79 Å². The van der Waals surface area contributed by atoms with Gasteiger partial charge in [0.1, 0.15) is 0 Å². The van der Waals surface area contributed by atoms with Gasteiger partial charge in [0.05, 0.1) is 6.04 Å². The fourth-order valence-electron chi connectivity index (χ4n) is 1.74. The lowest BCUT2D eigenvalue weighted by molar-refractivity contribution is -0.122. The second-order valence-corrected chi connectivity index (χ2v) is 4.25. The number of carbonyl (C=O) groups excluding carboxylic acids is 1. The van der Waals surface area contributed by atoms with Crippen LogP contribution in [0.1, 0.15) is 39.5 Å². The summed E-state index contributed by atoms with van der Waals surface area (Å²) in [6.45, 7) is 3.99. The van der Waals surface area contributed by atoms with Crippen molar-refractivity contribution in [2.75, 3.05) is 0 Å². The molecule has 0 aromatic rings. The molecule has 0 unspecified atom stereocenters. The summed E-state index contributed by atoms with van der Waals surface area (Å²) in [6, 6.07) is -0.00551. The Labute approximate surface area is 80.1 Å². The highest BCUT2D eigenvalue weighted by molar-refractivity contribution is 5.81. The van der Waals surface area contributed by atoms with Gasteiger partial charge < -0.3 is 11.1 Å². The largest absolute Gasteiger partial charge is 0.352 e. The molecule has 13 heavy (non-hydrogen) atoms. The molecule has 1 fully saturated rings. The number of carbonyl (C=O) groups is 1. The van der Waals surface area contributed by atoms with E-state index in [1.165, 1.54) is 12.8 Å². The van der Waals surface area contributed by atoms with Crippen LogP contribution in [0, 0.1) is 5.92 Å². The smallest absolute Gasteiger partial charge is 0.236 e. The maximum atomic E-state index is 11.3. The highest BCUT2D eigenvalue weighted by Gasteiger charge is 2.20. The molecule has 76 valence electrons. The third kappa shape index (κ3) is 3.35. The van der Waals surface area contributed by atoms with E-state index in [2.05, 4.69) is 12.2 Å². The molecule has 0 bridgehead atoms. The van der Waals surface area contributed by atoms with E-state index < -0.39 is 0 Å². The van der Waals surface area contributed by atoms with Gasteiger partial charge in [0.25, 0.3) is 0 Å². The standard InChI is InChI=1S/C10H20N2O/c1-7-3-5-9(6-4-7)12-10(13)8(2)11/h7-9H,3-6,11H2,1-2H3,(H,12,13)/t7?,8-,9?/m1/s1. The summed E-state index contributed by atoms with van der Waals surface area (Å²) in [5.41, 5.74) is 5.47. The highest BCUT2D eigenvalue weighted by atomic mass is 16.2. The zero-order valence-electron chi connectivity index (χ0n) is 8.55. The highest BCUT2D eigenvalue weighted by Crippen LogP contribution is 2.23. The van der Waals surface area contributed by atoms with E-state index in [9.17, 15) is 4.79 Å². The van der Waals surface area contributed by atoms with Crippen molar-refractivity contribution in [3.8, 4) is 0 Å². The molecule has 1 amide bonds. The van der Waals surface area contributed by atoms with E-state index in [0.717, 1.165) is 18.8 Å². The van der Waals surface area contributed by atoms with E-state index in [1.54, 1.807) is 6.92 Å². The topological polar surface area (TPSA) is 55.1 Å². The Balaban J connectivity index is 2.26. The lowest BCUT2D eigenvalue weighted by atomic mass is 9.87. The minimum absolute atomic E-state index is 0.0143. The van der Waals surface area contributed by atoms with Crippen molar-refractivity contribution in [1.82, 2.24) is 5.32 Å². The van der Waals surface area contributed by atoms with Gasteiger partial charge in [-0.25, -0.2) is 0 Å². The van der Waals surface area contributed by atoms with Gasteiger partial charge in [0.15, 0.2) is 0 Å². The molecule has 0 spiro atoms. The molecule has 3 heteroatoms. The van der Waals surface area contributed by atoms with Crippen molar-refractivity contribution in [2.24, 2.45) is 11.7 Å². The van der Waals surface area contributed by atoms with Gasteiger partial charge in [0, 0.05) is 6.04 Å². The van der Waals surface area contributed by atoms with E-state index >= 15 is 0 Å². The van der Waals surface area contributed by atoms with Crippen LogP contribution in [0.15, 0.2) is 0 Å². The zero-order chi connectivity index (χ0) is 9.84. The summed E-state index contributed by atoms with van der Waals surface area (Å²) in [6.07, 6.45) is 4.67. The van der Waals surface area contributed by atoms with Gasteiger partial charge in [0.2, 0.25) is 5.91 Å². The summed E-state index contributed by atoms with van der Waals surface area (Å²) < 4.78 is 0. The summed E-state index contributed by atoms with van der Waals surface area (Å²) in [4.78, 5) is 11.3. The zero-order valence-corrected chi connectivity index (χ0v) is 8.55. The average Bonchev–Trinajstić information content (AvgIpc) is 2.08. The van der Waals surface area contributed by atoms with Crippen molar-refractivity contribution in [3.63, 3.8) is 0 Å². The molecule has 0 saturated heterocycles. The van der Waals surface area contributed by atoms with Crippen molar-refractivity contribution in [1.29, 1.82) is 0 Å². The lowest BCUT2D eigenvalue weighted by Crippen LogP contribution is -2.45. The maximum absolute atomic E-state index is 11.3. The summed E-state index contributed by atoms with van der Waals surface area (Å²) in [7, 11) is 0. The second-order valence-electron chi connectivity index (χ2n) is 4.25. The Morgan fingerprint density at radius 2 is 1.92 bits per heavy atom. The first-order valence-corrected chi connectivity index (χ1v) is 5.15. The molecule has 0 heterocycles. The van der Waals surface area contributed by atoms with Crippen LogP contribution in [0.25, 0.3) is 0 Å². The Morgan fingerprint density at radius 1 is 1.38 bits per heavy atom. The lowest BCUT2D eigenvalue weighted by Gasteiger charge is -2.27. The molecule has 1 rings (SSSR count). The molecular formula is C10H20N2O. The number of nitrogens with one attached hydrogen (secondary N) is 1. The third-order valence-electron chi connectivity index (χ3n) is 2.78. The number of hydrogen-bond acceptors (Lipinski definition) is 2. The van der Waals surface area contributed by atoms with Gasteiger partial charge in [-0.15, -0.1) is 0 Å². The van der Waals surface area contributed by atoms with Crippen LogP contribution >= 0.6 is 0 Å². The predicted molar refractivity (Wildman–Crippen MR) is 53.2 cm³/mol. The molecule has 0 aliphatic heterocycles. The van der Waals surface area contributed by atoms with Gasteiger partial charge in [-0.1, -0.05) is 6.92 Å². The van der Waals surface area contributed by atoms with Crippen LogP contribution < -0.4 is 11.1 Å². The van der Waals surface area contributed by atoms with E-state index in [-0.39, 0.29) is 11.9 Å². The van der Waals surface area contributed by atoms with Crippen molar-refractivity contribution in [2.45, 2.75) is 51.6 Å². The predicted octanol–water partition coefficient (Wildman–Crippen LogP) is 1.03. The Hall–Kier alpha value is -0.570. The Morgan fingerprint density at radius 3 is 2.38 bits per heavy atom. The number of rotatable bonds is 2. The Bertz CT molecular complexity index is 172.